The predicted molar refractivity (Wildman–Crippen MR) is 62.4 cm³/mol. The van der Waals surface area contributed by atoms with Gasteiger partial charge in [-0.05, 0) is 12.1 Å². The van der Waals surface area contributed by atoms with Gasteiger partial charge in [0.15, 0.2) is 5.13 Å². The van der Waals surface area contributed by atoms with Gasteiger partial charge in [-0.2, -0.15) is 0 Å². The number of ether oxygens (including phenoxy) is 1. The Morgan fingerprint density at radius 1 is 1.47 bits per heavy atom. The molecule has 0 unspecified atom stereocenters. The van der Waals surface area contributed by atoms with E-state index in [1.165, 1.54) is 18.4 Å². The molecule has 0 spiro atoms. The normalized spacial score (nSPS) is 10.2. The molecule has 0 radical (unpaired) electrons. The summed E-state index contributed by atoms with van der Waals surface area (Å²) in [4.78, 5) is 25.5. The number of carbonyl (C=O) groups is 2. The smallest absolute Gasteiger partial charge is 0.394 e. The Bertz CT molecular complexity index is 593. The number of methoxy groups -OCH3 is 1. The molecule has 2 rings (SSSR count). The lowest BCUT2D eigenvalue weighted by Crippen LogP contribution is -2.21. The van der Waals surface area contributed by atoms with Gasteiger partial charge in [0.25, 0.3) is 0 Å². The van der Waals surface area contributed by atoms with Gasteiger partial charge >= 0.3 is 11.9 Å². The Hall–Kier alpha value is -2.15. The van der Waals surface area contributed by atoms with Crippen LogP contribution in [0.4, 0.5) is 5.13 Å². The topological polar surface area (TPSA) is 88.5 Å². The maximum absolute atomic E-state index is 11.0. The molecule has 0 saturated carbocycles. The molecule has 17 heavy (non-hydrogen) atoms. The summed E-state index contributed by atoms with van der Waals surface area (Å²) in [5, 5.41) is 10.9. The van der Waals surface area contributed by atoms with E-state index in [9.17, 15) is 9.59 Å². The molecule has 0 aliphatic carbocycles. The summed E-state index contributed by atoms with van der Waals surface area (Å²) in [5.41, 5.74) is 0.598. The average Bonchev–Trinajstić information content (AvgIpc) is 2.70. The number of amides is 1. The highest BCUT2D eigenvalue weighted by Crippen LogP contribution is 2.31. The number of para-hydroxylation sites is 1. The number of nitrogens with zero attached hydrogens (tertiary/aromatic N) is 1. The van der Waals surface area contributed by atoms with E-state index >= 15 is 0 Å². The van der Waals surface area contributed by atoms with Gasteiger partial charge in [0, 0.05) is 0 Å². The quantitative estimate of drug-likeness (QED) is 0.787. The lowest BCUT2D eigenvalue weighted by molar-refractivity contribution is -0.147. The van der Waals surface area contributed by atoms with E-state index in [4.69, 9.17) is 9.84 Å². The van der Waals surface area contributed by atoms with Crippen LogP contribution in [0.5, 0.6) is 5.75 Å². The van der Waals surface area contributed by atoms with Crippen LogP contribution in [0.15, 0.2) is 18.2 Å². The van der Waals surface area contributed by atoms with Crippen molar-refractivity contribution in [3.8, 4) is 5.75 Å². The molecule has 7 heteroatoms. The highest BCUT2D eigenvalue weighted by molar-refractivity contribution is 7.22. The maximum atomic E-state index is 11.0. The number of rotatable bonds is 2. The van der Waals surface area contributed by atoms with Gasteiger partial charge in [0.05, 0.1) is 11.8 Å². The summed E-state index contributed by atoms with van der Waals surface area (Å²) in [5.74, 6) is -2.08. The molecule has 0 atom stereocenters. The Labute approximate surface area is 99.8 Å². The molecule has 6 nitrogen and oxygen atoms in total. The first-order valence-electron chi connectivity index (χ1n) is 4.59. The molecule has 2 aromatic rings. The molecule has 0 saturated heterocycles. The molecule has 0 bridgehead atoms. The van der Waals surface area contributed by atoms with E-state index in [-0.39, 0.29) is 5.13 Å². The fraction of sp³-hybridized carbons (Fsp3) is 0.100. The highest BCUT2D eigenvalue weighted by atomic mass is 32.1. The Balaban J connectivity index is 2.38. The van der Waals surface area contributed by atoms with Crippen LogP contribution in [0.3, 0.4) is 0 Å². The number of carboxylic acids is 1. The van der Waals surface area contributed by atoms with Gasteiger partial charge in [0.2, 0.25) is 0 Å². The second kappa shape index (κ2) is 4.38. The van der Waals surface area contributed by atoms with Crippen LogP contribution in [-0.4, -0.2) is 29.1 Å². The van der Waals surface area contributed by atoms with E-state index in [1.54, 1.807) is 12.1 Å². The molecule has 2 N–H and O–H groups in total. The maximum Gasteiger partial charge on any atom is 0.394 e. The highest BCUT2D eigenvalue weighted by Gasteiger charge is 2.15. The number of nitrogens with one attached hydrogen (secondary N) is 1. The summed E-state index contributed by atoms with van der Waals surface area (Å²) in [6.45, 7) is 0. The van der Waals surface area contributed by atoms with E-state index in [2.05, 4.69) is 10.3 Å². The second-order valence-corrected chi connectivity index (χ2v) is 4.12. The van der Waals surface area contributed by atoms with Gasteiger partial charge in [-0.25, -0.2) is 9.78 Å². The molecular formula is C10H8N2O4S. The molecule has 88 valence electrons. The van der Waals surface area contributed by atoms with Crippen LogP contribution in [0.2, 0.25) is 0 Å². The Kier molecular flexibility index (Phi) is 2.92. The number of hydrogen-bond donors (Lipinski definition) is 2. The van der Waals surface area contributed by atoms with Crippen molar-refractivity contribution < 1.29 is 19.4 Å². The third-order valence-corrected chi connectivity index (χ3v) is 2.95. The predicted octanol–water partition coefficient (Wildman–Crippen LogP) is 1.33. The van der Waals surface area contributed by atoms with E-state index in [0.717, 1.165) is 4.70 Å². The second-order valence-electron chi connectivity index (χ2n) is 3.09. The SMILES string of the molecule is COc1cccc2sc(NC(=O)C(=O)O)nc12. The summed E-state index contributed by atoms with van der Waals surface area (Å²) in [6, 6.07) is 5.35. The van der Waals surface area contributed by atoms with Crippen LogP contribution >= 0.6 is 11.3 Å². The van der Waals surface area contributed by atoms with E-state index in [1.807, 2.05) is 6.07 Å². The molecular weight excluding hydrogens is 244 g/mol. The molecule has 0 fully saturated rings. The average molecular weight is 252 g/mol. The summed E-state index contributed by atoms with van der Waals surface area (Å²) >= 11 is 1.19. The fourth-order valence-corrected chi connectivity index (χ4v) is 2.17. The lowest BCUT2D eigenvalue weighted by atomic mass is 10.3. The molecule has 1 amide bonds. The lowest BCUT2D eigenvalue weighted by Gasteiger charge is -1.98. The van der Waals surface area contributed by atoms with Crippen molar-refractivity contribution in [2.24, 2.45) is 0 Å². The molecule has 0 aliphatic heterocycles. The number of benzene rings is 1. The van der Waals surface area contributed by atoms with E-state index in [0.29, 0.717) is 11.3 Å². The van der Waals surface area contributed by atoms with E-state index < -0.39 is 11.9 Å². The van der Waals surface area contributed by atoms with Gasteiger partial charge in [-0.1, -0.05) is 17.4 Å². The standard InChI is InChI=1S/C10H8N2O4S/c1-16-5-3-2-4-6-7(5)11-10(17-6)12-8(13)9(14)15/h2-4H,1H3,(H,14,15)(H,11,12,13). The van der Waals surface area contributed by atoms with Crippen molar-refractivity contribution in [2.45, 2.75) is 0 Å². The van der Waals surface area contributed by atoms with Crippen LogP contribution < -0.4 is 10.1 Å². The van der Waals surface area contributed by atoms with Crippen LogP contribution in [0.25, 0.3) is 10.2 Å². The first kappa shape index (κ1) is 11.3. The minimum absolute atomic E-state index is 0.233. The number of anilines is 1. The molecule has 1 heterocycles. The molecule has 1 aromatic carbocycles. The largest absolute Gasteiger partial charge is 0.494 e. The first-order valence-corrected chi connectivity index (χ1v) is 5.41. The third-order valence-electron chi connectivity index (χ3n) is 2.02. The number of carbonyl (C=O) groups excluding carboxylic acids is 1. The Morgan fingerprint density at radius 3 is 2.88 bits per heavy atom. The minimum atomic E-state index is -1.55. The van der Waals surface area contributed by atoms with Gasteiger partial charge in [-0.15, -0.1) is 0 Å². The zero-order valence-corrected chi connectivity index (χ0v) is 9.58. The zero-order valence-electron chi connectivity index (χ0n) is 8.76. The minimum Gasteiger partial charge on any atom is -0.494 e. The number of aliphatic carboxylic acids is 1. The van der Waals surface area contributed by atoms with Crippen molar-refractivity contribution in [1.82, 2.24) is 4.98 Å². The van der Waals surface area contributed by atoms with Gasteiger partial charge in [-0.3, -0.25) is 10.1 Å². The number of carboxylic acid groups (broad SMARTS) is 1. The van der Waals surface area contributed by atoms with Gasteiger partial charge in [0.1, 0.15) is 11.3 Å². The van der Waals surface area contributed by atoms with Crippen LogP contribution in [0, 0.1) is 0 Å². The summed E-state index contributed by atoms with van der Waals surface area (Å²) in [6.07, 6.45) is 0. The first-order chi connectivity index (χ1) is 8.11. The number of hydrogen-bond acceptors (Lipinski definition) is 5. The van der Waals surface area contributed by atoms with Crippen LogP contribution in [0.1, 0.15) is 0 Å². The summed E-state index contributed by atoms with van der Waals surface area (Å²) < 4.78 is 5.92. The number of thiazole rings is 1. The third kappa shape index (κ3) is 2.18. The van der Waals surface area contributed by atoms with Crippen molar-refractivity contribution >= 4 is 38.6 Å². The monoisotopic (exact) mass is 252 g/mol. The Morgan fingerprint density at radius 2 is 2.24 bits per heavy atom. The van der Waals surface area contributed by atoms with Crippen molar-refractivity contribution in [3.63, 3.8) is 0 Å². The summed E-state index contributed by atoms with van der Waals surface area (Å²) in [7, 11) is 1.52. The molecule has 0 aliphatic rings. The number of aromatic nitrogens is 1. The van der Waals surface area contributed by atoms with Crippen molar-refractivity contribution in [3.05, 3.63) is 18.2 Å². The zero-order chi connectivity index (χ0) is 12.4. The fourth-order valence-electron chi connectivity index (χ4n) is 1.29. The van der Waals surface area contributed by atoms with Crippen LogP contribution in [-0.2, 0) is 9.59 Å². The van der Waals surface area contributed by atoms with Crippen molar-refractivity contribution in [2.75, 3.05) is 12.4 Å². The van der Waals surface area contributed by atoms with Gasteiger partial charge < -0.3 is 9.84 Å². The number of fused-ring (bicyclic) bond motifs is 1. The molecule has 1 aromatic heterocycles. The van der Waals surface area contributed by atoms with Crippen molar-refractivity contribution in [1.29, 1.82) is 0 Å².